The zero-order valence-corrected chi connectivity index (χ0v) is 16.2. The van der Waals surface area contributed by atoms with Crippen LogP contribution in [0.2, 0.25) is 0 Å². The van der Waals surface area contributed by atoms with Gasteiger partial charge in [-0.3, -0.25) is 0 Å². The molecule has 0 aromatic heterocycles. The third-order valence-corrected chi connectivity index (χ3v) is 4.97. The van der Waals surface area contributed by atoms with Gasteiger partial charge in [0, 0.05) is 0 Å². The van der Waals surface area contributed by atoms with E-state index in [-0.39, 0.29) is 0 Å². The average molecular weight is 331 g/mol. The Hall–Kier alpha value is -0.780. The Kier molecular flexibility index (Phi) is 16.4. The molecule has 0 nitrogen and oxygen atoms in total. The molecule has 0 aliphatic heterocycles. The molecule has 0 atom stereocenters. The molecule has 0 unspecified atom stereocenters. The van der Waals surface area contributed by atoms with Gasteiger partial charge in [0.2, 0.25) is 0 Å². The summed E-state index contributed by atoms with van der Waals surface area (Å²) in [4.78, 5) is 0. The Bertz CT molecular complexity index is 239. The van der Waals surface area contributed by atoms with Gasteiger partial charge < -0.3 is 0 Å². The van der Waals surface area contributed by atoms with Crippen molar-refractivity contribution in [3.63, 3.8) is 0 Å². The lowest BCUT2D eigenvalue weighted by atomic mass is 10.1. The molecule has 24 heavy (non-hydrogen) atoms. The van der Waals surface area contributed by atoms with Crippen molar-refractivity contribution >= 4 is 0 Å². The normalized spacial score (nSPS) is 26.0. The van der Waals surface area contributed by atoms with Crippen LogP contribution in [0.15, 0.2) is 36.5 Å². The lowest BCUT2D eigenvalue weighted by molar-refractivity contribution is 0.638. The van der Waals surface area contributed by atoms with Crippen molar-refractivity contribution in [1.29, 1.82) is 0 Å². The first-order valence-corrected chi connectivity index (χ1v) is 10.9. The minimum atomic E-state index is 1.29. The summed E-state index contributed by atoms with van der Waals surface area (Å²) in [7, 11) is 0. The zero-order chi connectivity index (χ0) is 17.0. The SMILES string of the molecule is C1=C/CCCCCC/C=C/CCCCCC/C=C/CCCCCC/1. The summed E-state index contributed by atoms with van der Waals surface area (Å²) < 4.78 is 0. The summed E-state index contributed by atoms with van der Waals surface area (Å²) >= 11 is 0. The molecule has 0 heteroatoms. The third kappa shape index (κ3) is 16.1. The summed E-state index contributed by atoms with van der Waals surface area (Å²) in [5.74, 6) is 0. The van der Waals surface area contributed by atoms with E-state index in [0.717, 1.165) is 0 Å². The second-order valence-corrected chi connectivity index (χ2v) is 7.39. The van der Waals surface area contributed by atoms with E-state index in [1.54, 1.807) is 0 Å². The van der Waals surface area contributed by atoms with E-state index >= 15 is 0 Å². The number of rotatable bonds is 0. The van der Waals surface area contributed by atoms with Crippen LogP contribution in [0.4, 0.5) is 0 Å². The maximum absolute atomic E-state index is 2.42. The summed E-state index contributed by atoms with van der Waals surface area (Å²) in [6.07, 6.45) is 39.0. The molecule has 0 fully saturated rings. The molecule has 0 aromatic rings. The number of allylic oxidation sites excluding steroid dienone is 6. The molecule has 0 aromatic carbocycles. The molecule has 0 saturated heterocycles. The monoisotopic (exact) mass is 330 g/mol. The molecule has 0 N–H and O–H groups in total. The second-order valence-electron chi connectivity index (χ2n) is 7.39. The molecule has 0 radical (unpaired) electrons. The van der Waals surface area contributed by atoms with Crippen molar-refractivity contribution in [3.05, 3.63) is 36.5 Å². The molecular formula is C24H42. The van der Waals surface area contributed by atoms with Crippen LogP contribution in [-0.4, -0.2) is 0 Å². The van der Waals surface area contributed by atoms with Crippen LogP contribution in [0, 0.1) is 0 Å². The van der Waals surface area contributed by atoms with E-state index in [4.69, 9.17) is 0 Å². The fourth-order valence-corrected chi connectivity index (χ4v) is 3.34. The minimum Gasteiger partial charge on any atom is -0.0885 e. The highest BCUT2D eigenvalue weighted by Crippen LogP contribution is 2.11. The summed E-state index contributed by atoms with van der Waals surface area (Å²) in [6, 6.07) is 0. The van der Waals surface area contributed by atoms with Crippen molar-refractivity contribution in [2.45, 2.75) is 116 Å². The summed E-state index contributed by atoms with van der Waals surface area (Å²) in [5.41, 5.74) is 0. The maximum Gasteiger partial charge on any atom is -0.0351 e. The second kappa shape index (κ2) is 18.6. The standard InChI is InChI=1S/C24H42/c1-2-4-6-8-10-12-14-16-18-20-22-24-23-21-19-17-15-13-11-9-7-5-3-1/h1-2,15-18H,3-14,19-24H2/b2-1+,17-15+,18-16+. The van der Waals surface area contributed by atoms with E-state index in [1.165, 1.54) is 116 Å². The predicted molar refractivity (Wildman–Crippen MR) is 111 cm³/mol. The van der Waals surface area contributed by atoms with E-state index in [9.17, 15) is 0 Å². The fourth-order valence-electron chi connectivity index (χ4n) is 3.34. The molecule has 0 spiro atoms. The van der Waals surface area contributed by atoms with Crippen molar-refractivity contribution in [2.75, 3.05) is 0 Å². The van der Waals surface area contributed by atoms with Crippen molar-refractivity contribution < 1.29 is 0 Å². The smallest absolute Gasteiger partial charge is 0.0351 e. The molecule has 1 rings (SSSR count). The minimum absolute atomic E-state index is 1.29. The van der Waals surface area contributed by atoms with E-state index < -0.39 is 0 Å². The molecule has 1 aliphatic carbocycles. The molecule has 0 bridgehead atoms. The highest BCUT2D eigenvalue weighted by atomic mass is 14.0. The Morgan fingerprint density at radius 1 is 0.208 bits per heavy atom. The Balaban J connectivity index is 2.14. The van der Waals surface area contributed by atoms with Gasteiger partial charge in [0.05, 0.1) is 0 Å². The first kappa shape index (κ1) is 21.3. The summed E-state index contributed by atoms with van der Waals surface area (Å²) in [5, 5.41) is 0. The van der Waals surface area contributed by atoms with Gasteiger partial charge in [0.15, 0.2) is 0 Å². The molecule has 0 saturated carbocycles. The van der Waals surface area contributed by atoms with Gasteiger partial charge in [-0.05, 0) is 77.0 Å². The highest BCUT2D eigenvalue weighted by molar-refractivity contribution is 4.83. The molecule has 0 heterocycles. The largest absolute Gasteiger partial charge is 0.0885 e. The van der Waals surface area contributed by atoms with Gasteiger partial charge in [0.1, 0.15) is 0 Å². The molecule has 1 aliphatic rings. The molecular weight excluding hydrogens is 288 g/mol. The fraction of sp³-hybridized carbons (Fsp3) is 0.750. The predicted octanol–water partition coefficient (Wildman–Crippen LogP) is 8.69. The van der Waals surface area contributed by atoms with Crippen molar-refractivity contribution in [3.8, 4) is 0 Å². The Labute approximate surface area is 152 Å². The first-order valence-electron chi connectivity index (χ1n) is 10.9. The van der Waals surface area contributed by atoms with Gasteiger partial charge in [-0.15, -0.1) is 0 Å². The Morgan fingerprint density at radius 2 is 0.375 bits per heavy atom. The first-order chi connectivity index (χ1) is 12.0. The van der Waals surface area contributed by atoms with Crippen LogP contribution < -0.4 is 0 Å². The van der Waals surface area contributed by atoms with Crippen LogP contribution in [0.5, 0.6) is 0 Å². The lowest BCUT2D eigenvalue weighted by Crippen LogP contribution is -1.80. The van der Waals surface area contributed by atoms with Gasteiger partial charge in [-0.1, -0.05) is 75.0 Å². The van der Waals surface area contributed by atoms with Gasteiger partial charge in [0.25, 0.3) is 0 Å². The Morgan fingerprint density at radius 3 is 0.542 bits per heavy atom. The zero-order valence-electron chi connectivity index (χ0n) is 16.2. The van der Waals surface area contributed by atoms with Gasteiger partial charge in [-0.2, -0.15) is 0 Å². The topological polar surface area (TPSA) is 0 Å². The van der Waals surface area contributed by atoms with E-state index in [1.807, 2.05) is 0 Å². The van der Waals surface area contributed by atoms with Crippen LogP contribution >= 0.6 is 0 Å². The average Bonchev–Trinajstić information content (AvgIpc) is 2.59. The van der Waals surface area contributed by atoms with Gasteiger partial charge in [-0.25, -0.2) is 0 Å². The van der Waals surface area contributed by atoms with Crippen molar-refractivity contribution in [1.82, 2.24) is 0 Å². The van der Waals surface area contributed by atoms with Crippen LogP contribution in [0.1, 0.15) is 116 Å². The van der Waals surface area contributed by atoms with Crippen LogP contribution in [0.25, 0.3) is 0 Å². The van der Waals surface area contributed by atoms with Crippen molar-refractivity contribution in [2.24, 2.45) is 0 Å². The van der Waals surface area contributed by atoms with E-state index in [0.29, 0.717) is 0 Å². The quantitative estimate of drug-likeness (QED) is 0.390. The number of hydrogen-bond acceptors (Lipinski definition) is 0. The van der Waals surface area contributed by atoms with Gasteiger partial charge >= 0.3 is 0 Å². The number of hydrogen-bond donors (Lipinski definition) is 0. The molecule has 138 valence electrons. The third-order valence-electron chi connectivity index (χ3n) is 4.97. The van der Waals surface area contributed by atoms with Crippen LogP contribution in [0.3, 0.4) is 0 Å². The summed E-state index contributed by atoms with van der Waals surface area (Å²) in [6.45, 7) is 0. The maximum atomic E-state index is 2.42. The highest BCUT2D eigenvalue weighted by Gasteiger charge is 1.91. The van der Waals surface area contributed by atoms with E-state index in [2.05, 4.69) is 36.5 Å². The molecule has 0 amide bonds. The van der Waals surface area contributed by atoms with Crippen LogP contribution in [-0.2, 0) is 0 Å². The lowest BCUT2D eigenvalue weighted by Gasteiger charge is -2.00.